The van der Waals surface area contributed by atoms with E-state index in [0.717, 1.165) is 23.2 Å². The molecule has 1 aliphatic heterocycles. The van der Waals surface area contributed by atoms with Crippen LogP contribution in [-0.4, -0.2) is 56.5 Å². The Balaban J connectivity index is 1.34. The molecule has 0 saturated carbocycles. The number of hydrogen-bond donors (Lipinski definition) is 2. The zero-order valence-electron chi connectivity index (χ0n) is 14.9. The van der Waals surface area contributed by atoms with Gasteiger partial charge < -0.3 is 14.7 Å². The first-order chi connectivity index (χ1) is 13.2. The van der Waals surface area contributed by atoms with E-state index in [2.05, 4.69) is 25.7 Å². The normalized spacial score (nSPS) is 17.2. The maximum atomic E-state index is 12.6. The van der Waals surface area contributed by atoms with Gasteiger partial charge in [-0.25, -0.2) is 0 Å². The Hall–Kier alpha value is -2.65. The number of thioether (sulfide) groups is 1. The molecular formula is C18H20N6O2S. The third-order valence-electron chi connectivity index (χ3n) is 4.45. The SMILES string of the molecule is Cc1cccc(-c2noc(SCC(=O)N3CCNC(c4cn[nH]c4)C3)n2)c1. The van der Waals surface area contributed by atoms with Gasteiger partial charge in [0.1, 0.15) is 0 Å². The summed E-state index contributed by atoms with van der Waals surface area (Å²) in [6.07, 6.45) is 3.64. The van der Waals surface area contributed by atoms with Crippen LogP contribution in [0.1, 0.15) is 17.2 Å². The van der Waals surface area contributed by atoms with Crippen molar-refractivity contribution in [2.24, 2.45) is 0 Å². The number of piperazine rings is 1. The minimum atomic E-state index is 0.0605. The van der Waals surface area contributed by atoms with Gasteiger partial charge in [0.05, 0.1) is 18.0 Å². The Bertz CT molecular complexity index is 910. The molecule has 1 aromatic carbocycles. The number of rotatable bonds is 5. The number of nitrogens with one attached hydrogen (secondary N) is 2. The molecule has 1 unspecified atom stereocenters. The molecular weight excluding hydrogens is 364 g/mol. The van der Waals surface area contributed by atoms with E-state index in [0.29, 0.717) is 24.1 Å². The molecule has 3 aromatic rings. The molecule has 1 atom stereocenters. The first-order valence-electron chi connectivity index (χ1n) is 8.72. The average molecular weight is 384 g/mol. The van der Waals surface area contributed by atoms with Crippen LogP contribution in [0.15, 0.2) is 46.4 Å². The number of amides is 1. The summed E-state index contributed by atoms with van der Waals surface area (Å²) in [6, 6.07) is 8.01. The van der Waals surface area contributed by atoms with Crippen LogP contribution in [0, 0.1) is 6.92 Å². The van der Waals surface area contributed by atoms with Crippen molar-refractivity contribution < 1.29 is 9.32 Å². The predicted molar refractivity (Wildman–Crippen MR) is 101 cm³/mol. The molecule has 1 fully saturated rings. The van der Waals surface area contributed by atoms with E-state index in [-0.39, 0.29) is 17.7 Å². The van der Waals surface area contributed by atoms with E-state index in [1.807, 2.05) is 42.3 Å². The van der Waals surface area contributed by atoms with Gasteiger partial charge in [0.25, 0.3) is 5.22 Å². The van der Waals surface area contributed by atoms with Gasteiger partial charge in [0.2, 0.25) is 11.7 Å². The van der Waals surface area contributed by atoms with Crippen LogP contribution in [0.2, 0.25) is 0 Å². The van der Waals surface area contributed by atoms with Crippen LogP contribution >= 0.6 is 11.8 Å². The Morgan fingerprint density at radius 2 is 2.37 bits per heavy atom. The van der Waals surface area contributed by atoms with Gasteiger partial charge in [0, 0.05) is 37.0 Å². The Labute approximate surface area is 160 Å². The lowest BCUT2D eigenvalue weighted by atomic mass is 10.1. The molecule has 2 N–H and O–H groups in total. The topological polar surface area (TPSA) is 99.9 Å². The summed E-state index contributed by atoms with van der Waals surface area (Å²) < 4.78 is 5.28. The van der Waals surface area contributed by atoms with Crippen molar-refractivity contribution >= 4 is 17.7 Å². The molecule has 27 heavy (non-hydrogen) atoms. The highest BCUT2D eigenvalue weighted by molar-refractivity contribution is 7.99. The molecule has 1 amide bonds. The molecule has 0 bridgehead atoms. The maximum absolute atomic E-state index is 12.6. The number of aryl methyl sites for hydroxylation is 1. The number of carbonyl (C=O) groups excluding carboxylic acids is 1. The van der Waals surface area contributed by atoms with Crippen LogP contribution in [0.5, 0.6) is 0 Å². The number of H-pyrrole nitrogens is 1. The van der Waals surface area contributed by atoms with Crippen molar-refractivity contribution in [2.75, 3.05) is 25.4 Å². The van der Waals surface area contributed by atoms with Crippen molar-refractivity contribution in [2.45, 2.75) is 18.2 Å². The largest absolute Gasteiger partial charge is 0.339 e. The van der Waals surface area contributed by atoms with Gasteiger partial charge in [0.15, 0.2) is 0 Å². The van der Waals surface area contributed by atoms with Crippen LogP contribution in [0.25, 0.3) is 11.4 Å². The van der Waals surface area contributed by atoms with Crippen LogP contribution in [0.3, 0.4) is 0 Å². The Kier molecular flexibility index (Phi) is 5.21. The predicted octanol–water partition coefficient (Wildman–Crippen LogP) is 2.03. The van der Waals surface area contributed by atoms with Crippen molar-refractivity contribution in [3.05, 3.63) is 47.8 Å². The van der Waals surface area contributed by atoms with E-state index in [4.69, 9.17) is 4.52 Å². The molecule has 9 heteroatoms. The van der Waals surface area contributed by atoms with E-state index in [1.54, 1.807) is 6.20 Å². The number of benzene rings is 1. The lowest BCUT2D eigenvalue weighted by Gasteiger charge is -2.33. The summed E-state index contributed by atoms with van der Waals surface area (Å²) in [4.78, 5) is 18.8. The van der Waals surface area contributed by atoms with Crippen molar-refractivity contribution in [3.8, 4) is 11.4 Å². The van der Waals surface area contributed by atoms with E-state index in [1.165, 1.54) is 11.8 Å². The van der Waals surface area contributed by atoms with Gasteiger partial charge in [-0.2, -0.15) is 10.1 Å². The zero-order chi connectivity index (χ0) is 18.6. The van der Waals surface area contributed by atoms with Gasteiger partial charge in [-0.15, -0.1) is 0 Å². The fourth-order valence-electron chi connectivity index (χ4n) is 3.04. The third-order valence-corrected chi connectivity index (χ3v) is 5.26. The van der Waals surface area contributed by atoms with Crippen LogP contribution in [0.4, 0.5) is 0 Å². The molecule has 1 aliphatic rings. The van der Waals surface area contributed by atoms with E-state index < -0.39 is 0 Å². The first kappa shape index (κ1) is 17.7. The number of carbonyl (C=O) groups is 1. The fraction of sp³-hybridized carbons (Fsp3) is 0.333. The lowest BCUT2D eigenvalue weighted by Crippen LogP contribution is -2.48. The molecule has 2 aromatic heterocycles. The molecule has 140 valence electrons. The first-order valence-corrected chi connectivity index (χ1v) is 9.71. The molecule has 0 aliphatic carbocycles. The third kappa shape index (κ3) is 4.20. The number of nitrogens with zero attached hydrogens (tertiary/aromatic N) is 4. The summed E-state index contributed by atoms with van der Waals surface area (Å²) in [7, 11) is 0. The fourth-order valence-corrected chi connectivity index (χ4v) is 3.71. The van der Waals surface area contributed by atoms with E-state index >= 15 is 0 Å². The standard InChI is InChI=1S/C18H20N6O2S/c1-12-3-2-4-13(7-12)17-22-18(26-23-17)27-11-16(25)24-6-5-19-15(10-24)14-8-20-21-9-14/h2-4,7-9,15,19H,5-6,10-11H2,1H3,(H,20,21). The minimum Gasteiger partial charge on any atom is -0.339 e. The lowest BCUT2D eigenvalue weighted by molar-refractivity contribution is -0.129. The number of aromatic amines is 1. The highest BCUT2D eigenvalue weighted by atomic mass is 32.2. The monoisotopic (exact) mass is 384 g/mol. The zero-order valence-corrected chi connectivity index (χ0v) is 15.7. The number of hydrogen-bond acceptors (Lipinski definition) is 7. The molecule has 4 rings (SSSR count). The van der Waals surface area contributed by atoms with Crippen LogP contribution < -0.4 is 5.32 Å². The smallest absolute Gasteiger partial charge is 0.286 e. The highest BCUT2D eigenvalue weighted by Crippen LogP contribution is 2.23. The Morgan fingerprint density at radius 1 is 1.44 bits per heavy atom. The number of aromatic nitrogens is 4. The second-order valence-electron chi connectivity index (χ2n) is 6.42. The van der Waals surface area contributed by atoms with Crippen molar-refractivity contribution in [1.82, 2.24) is 30.6 Å². The Morgan fingerprint density at radius 3 is 3.19 bits per heavy atom. The van der Waals surface area contributed by atoms with Gasteiger partial charge in [-0.05, 0) is 13.0 Å². The van der Waals surface area contributed by atoms with Crippen LogP contribution in [-0.2, 0) is 4.79 Å². The molecule has 8 nitrogen and oxygen atoms in total. The summed E-state index contributed by atoms with van der Waals surface area (Å²) in [5.74, 6) is 0.870. The molecule has 1 saturated heterocycles. The highest BCUT2D eigenvalue weighted by Gasteiger charge is 2.25. The second-order valence-corrected chi connectivity index (χ2v) is 7.35. The summed E-state index contributed by atoms with van der Waals surface area (Å²) in [5, 5.41) is 14.6. The molecule has 0 radical (unpaired) electrons. The average Bonchev–Trinajstić information content (AvgIpc) is 3.38. The summed E-state index contributed by atoms with van der Waals surface area (Å²) in [6.45, 7) is 4.08. The minimum absolute atomic E-state index is 0.0605. The van der Waals surface area contributed by atoms with E-state index in [9.17, 15) is 4.79 Å². The summed E-state index contributed by atoms with van der Waals surface area (Å²) in [5.41, 5.74) is 3.09. The van der Waals surface area contributed by atoms with Crippen molar-refractivity contribution in [3.63, 3.8) is 0 Å². The second kappa shape index (κ2) is 7.93. The molecule has 3 heterocycles. The van der Waals surface area contributed by atoms with Gasteiger partial charge in [-0.1, -0.05) is 40.7 Å². The van der Waals surface area contributed by atoms with Gasteiger partial charge >= 0.3 is 0 Å². The summed E-state index contributed by atoms with van der Waals surface area (Å²) >= 11 is 1.27. The van der Waals surface area contributed by atoms with Crippen molar-refractivity contribution in [1.29, 1.82) is 0 Å². The maximum Gasteiger partial charge on any atom is 0.286 e. The van der Waals surface area contributed by atoms with Gasteiger partial charge in [-0.3, -0.25) is 9.89 Å². The molecule has 0 spiro atoms. The quantitative estimate of drug-likeness (QED) is 0.649.